The Morgan fingerprint density at radius 3 is 2.52 bits per heavy atom. The van der Waals surface area contributed by atoms with E-state index in [1.54, 1.807) is 23.6 Å². The predicted molar refractivity (Wildman–Crippen MR) is 111 cm³/mol. The van der Waals surface area contributed by atoms with E-state index < -0.39 is 28.3 Å². The van der Waals surface area contributed by atoms with Gasteiger partial charge < -0.3 is 4.90 Å². The Kier molecular flexibility index (Phi) is 6.51. The van der Waals surface area contributed by atoms with Gasteiger partial charge in [0, 0.05) is 35.8 Å². The number of carbonyl (C=O) groups excluding carboxylic acids is 1. The molecule has 29 heavy (non-hydrogen) atoms. The first-order valence-electron chi connectivity index (χ1n) is 8.45. The third kappa shape index (κ3) is 4.75. The van der Waals surface area contributed by atoms with Crippen molar-refractivity contribution >= 4 is 44.0 Å². The lowest BCUT2D eigenvalue weighted by atomic mass is 10.2. The molecule has 0 bridgehead atoms. The molecule has 0 fully saturated rings. The number of thiazole rings is 1. The molecular weight excluding hydrogens is 437 g/mol. The van der Waals surface area contributed by atoms with Crippen LogP contribution in [0.1, 0.15) is 5.56 Å². The molecule has 6 nitrogen and oxygen atoms in total. The van der Waals surface area contributed by atoms with Crippen LogP contribution in [0.15, 0.2) is 65.0 Å². The molecule has 2 aromatic carbocycles. The topological polar surface area (TPSA) is 70.6 Å². The molecule has 0 saturated heterocycles. The van der Waals surface area contributed by atoms with Gasteiger partial charge in [-0.3, -0.25) is 4.79 Å². The van der Waals surface area contributed by atoms with Gasteiger partial charge in [-0.1, -0.05) is 35.9 Å². The zero-order chi connectivity index (χ0) is 21.0. The van der Waals surface area contributed by atoms with E-state index in [1.165, 1.54) is 48.5 Å². The molecule has 152 valence electrons. The molecule has 0 aliphatic carbocycles. The Morgan fingerprint density at radius 1 is 1.17 bits per heavy atom. The van der Waals surface area contributed by atoms with Crippen molar-refractivity contribution in [3.63, 3.8) is 0 Å². The van der Waals surface area contributed by atoms with Crippen LogP contribution in [0.3, 0.4) is 0 Å². The Hall–Kier alpha value is -2.49. The highest BCUT2D eigenvalue weighted by molar-refractivity contribution is 7.93. The van der Waals surface area contributed by atoms with Gasteiger partial charge in [0.1, 0.15) is 12.4 Å². The molecule has 1 amide bonds. The molecule has 0 aliphatic heterocycles. The number of aromatic nitrogens is 1. The monoisotopic (exact) mass is 453 g/mol. The highest BCUT2D eigenvalue weighted by Gasteiger charge is 2.30. The van der Waals surface area contributed by atoms with Crippen molar-refractivity contribution in [1.29, 1.82) is 0 Å². The molecule has 0 N–H and O–H groups in total. The second-order valence-electron chi connectivity index (χ2n) is 6.09. The Labute approximate surface area is 177 Å². The number of likely N-dealkylation sites (N-methyl/N-ethyl adjacent to an activating group) is 1. The molecule has 0 unspecified atom stereocenters. The van der Waals surface area contributed by atoms with E-state index in [2.05, 4.69) is 4.98 Å². The van der Waals surface area contributed by atoms with Gasteiger partial charge in [-0.15, -0.1) is 11.3 Å². The second-order valence-corrected chi connectivity index (χ2v) is 9.23. The Morgan fingerprint density at radius 2 is 1.90 bits per heavy atom. The van der Waals surface area contributed by atoms with Crippen LogP contribution in [0.5, 0.6) is 0 Å². The van der Waals surface area contributed by atoms with Gasteiger partial charge in [0.15, 0.2) is 5.13 Å². The molecule has 0 saturated carbocycles. The molecular formula is C19H17ClFN3O3S2. The minimum atomic E-state index is -4.01. The summed E-state index contributed by atoms with van der Waals surface area (Å²) in [6.45, 7) is -0.575. The number of nitrogens with zero attached hydrogens (tertiary/aromatic N) is 3. The summed E-state index contributed by atoms with van der Waals surface area (Å²) in [7, 11) is -2.55. The zero-order valence-electron chi connectivity index (χ0n) is 15.3. The average Bonchev–Trinajstić information content (AvgIpc) is 3.23. The summed E-state index contributed by atoms with van der Waals surface area (Å²) in [5, 5.41) is 1.98. The highest BCUT2D eigenvalue weighted by Crippen LogP contribution is 2.26. The van der Waals surface area contributed by atoms with Gasteiger partial charge in [0.05, 0.1) is 4.90 Å². The minimum Gasteiger partial charge on any atom is -0.340 e. The number of halogens is 2. The maximum atomic E-state index is 14.0. The predicted octanol–water partition coefficient (Wildman–Crippen LogP) is 3.79. The number of benzene rings is 2. The third-order valence-corrected chi connectivity index (χ3v) is 7.14. The molecule has 1 aromatic heterocycles. The van der Waals surface area contributed by atoms with Gasteiger partial charge in [-0.05, 0) is 24.3 Å². The van der Waals surface area contributed by atoms with E-state index in [9.17, 15) is 17.6 Å². The van der Waals surface area contributed by atoms with Gasteiger partial charge in [0.25, 0.3) is 10.0 Å². The summed E-state index contributed by atoms with van der Waals surface area (Å²) in [5.41, 5.74) is 0.164. The van der Waals surface area contributed by atoms with Crippen molar-refractivity contribution in [2.24, 2.45) is 0 Å². The molecule has 0 spiro atoms. The van der Waals surface area contributed by atoms with Crippen molar-refractivity contribution in [1.82, 2.24) is 9.88 Å². The van der Waals surface area contributed by atoms with E-state index in [1.807, 2.05) is 0 Å². The van der Waals surface area contributed by atoms with Crippen LogP contribution in [-0.2, 0) is 21.4 Å². The second kappa shape index (κ2) is 8.89. The van der Waals surface area contributed by atoms with E-state index in [0.29, 0.717) is 0 Å². The van der Waals surface area contributed by atoms with Crippen LogP contribution in [0, 0.1) is 5.82 Å². The van der Waals surface area contributed by atoms with E-state index in [0.717, 1.165) is 15.6 Å². The normalized spacial score (nSPS) is 11.3. The molecule has 10 heteroatoms. The third-order valence-electron chi connectivity index (χ3n) is 4.13. The van der Waals surface area contributed by atoms with Crippen molar-refractivity contribution in [3.05, 3.63) is 76.5 Å². The fraction of sp³-hybridized carbons (Fsp3) is 0.158. The molecule has 0 atom stereocenters. The maximum Gasteiger partial charge on any atom is 0.266 e. The molecule has 0 radical (unpaired) electrons. The van der Waals surface area contributed by atoms with Crippen LogP contribution >= 0.6 is 22.9 Å². The van der Waals surface area contributed by atoms with Crippen molar-refractivity contribution in [2.75, 3.05) is 17.9 Å². The fourth-order valence-electron chi connectivity index (χ4n) is 2.57. The van der Waals surface area contributed by atoms with Crippen LogP contribution in [-0.4, -0.2) is 37.8 Å². The van der Waals surface area contributed by atoms with Crippen LogP contribution < -0.4 is 4.31 Å². The summed E-state index contributed by atoms with van der Waals surface area (Å²) in [4.78, 5) is 18.1. The molecule has 3 rings (SSSR count). The number of anilines is 1. The largest absolute Gasteiger partial charge is 0.340 e. The highest BCUT2D eigenvalue weighted by atomic mass is 35.5. The van der Waals surface area contributed by atoms with Crippen molar-refractivity contribution in [2.45, 2.75) is 11.4 Å². The number of hydrogen-bond donors (Lipinski definition) is 0. The lowest BCUT2D eigenvalue weighted by molar-refractivity contribution is -0.128. The number of amides is 1. The zero-order valence-corrected chi connectivity index (χ0v) is 17.7. The lowest BCUT2D eigenvalue weighted by Gasteiger charge is -2.25. The number of rotatable bonds is 7. The van der Waals surface area contributed by atoms with Crippen LogP contribution in [0.4, 0.5) is 9.52 Å². The summed E-state index contributed by atoms with van der Waals surface area (Å²) >= 11 is 7.12. The summed E-state index contributed by atoms with van der Waals surface area (Å²) in [5.74, 6) is -1.06. The van der Waals surface area contributed by atoms with Crippen LogP contribution in [0.25, 0.3) is 0 Å². The van der Waals surface area contributed by atoms with Crippen molar-refractivity contribution in [3.8, 4) is 0 Å². The van der Waals surface area contributed by atoms with Crippen LogP contribution in [0.2, 0.25) is 5.02 Å². The van der Waals surface area contributed by atoms with Gasteiger partial charge in [-0.25, -0.2) is 22.1 Å². The quantitative estimate of drug-likeness (QED) is 0.545. The van der Waals surface area contributed by atoms with E-state index in [-0.39, 0.29) is 27.2 Å². The van der Waals surface area contributed by atoms with E-state index >= 15 is 0 Å². The minimum absolute atomic E-state index is 0.0443. The first kappa shape index (κ1) is 21.2. The fourth-order valence-corrected chi connectivity index (χ4v) is 5.05. The molecule has 3 aromatic rings. The lowest BCUT2D eigenvalue weighted by Crippen LogP contribution is -2.41. The smallest absolute Gasteiger partial charge is 0.266 e. The SMILES string of the molecule is CN(Cc1c(F)cccc1Cl)C(=O)CN(c1nccs1)S(=O)(=O)c1ccccc1. The maximum absolute atomic E-state index is 14.0. The first-order chi connectivity index (χ1) is 13.8. The summed E-state index contributed by atoms with van der Waals surface area (Å²) < 4.78 is 41.2. The van der Waals surface area contributed by atoms with Gasteiger partial charge in [-0.2, -0.15) is 0 Å². The Bertz CT molecular complexity index is 1070. The van der Waals surface area contributed by atoms with E-state index in [4.69, 9.17) is 11.6 Å². The number of sulfonamides is 1. The average molecular weight is 454 g/mol. The Balaban J connectivity index is 1.86. The summed E-state index contributed by atoms with van der Waals surface area (Å²) in [6.07, 6.45) is 1.46. The standard InChI is InChI=1S/C19H17ClFN3O3S2/c1-23(12-15-16(20)8-5-9-17(15)21)18(25)13-24(19-22-10-11-28-19)29(26,27)14-6-3-2-4-7-14/h2-11H,12-13H2,1H3. The first-order valence-corrected chi connectivity index (χ1v) is 11.1. The summed E-state index contributed by atoms with van der Waals surface area (Å²) in [6, 6.07) is 12.0. The number of hydrogen-bond acceptors (Lipinski definition) is 5. The number of carbonyl (C=O) groups is 1. The molecule has 1 heterocycles. The van der Waals surface area contributed by atoms with Crippen molar-refractivity contribution < 1.29 is 17.6 Å². The van der Waals surface area contributed by atoms with Gasteiger partial charge in [0.2, 0.25) is 5.91 Å². The molecule has 0 aliphatic rings. The van der Waals surface area contributed by atoms with Gasteiger partial charge >= 0.3 is 0 Å².